The summed E-state index contributed by atoms with van der Waals surface area (Å²) >= 11 is 0. The molecule has 0 spiro atoms. The Balaban J connectivity index is 1.50. The highest BCUT2D eigenvalue weighted by Crippen LogP contribution is 2.24. The lowest BCUT2D eigenvalue weighted by atomic mass is 9.94. The van der Waals surface area contributed by atoms with Gasteiger partial charge < -0.3 is 10.2 Å². The Labute approximate surface area is 103 Å². The largest absolute Gasteiger partial charge is 0.312 e. The molecule has 2 atom stereocenters. The molecule has 0 aliphatic carbocycles. The summed E-state index contributed by atoms with van der Waals surface area (Å²) < 4.78 is 0. The van der Waals surface area contributed by atoms with Crippen LogP contribution in [0.25, 0.3) is 0 Å². The van der Waals surface area contributed by atoms with Crippen LogP contribution in [0.2, 0.25) is 0 Å². The van der Waals surface area contributed by atoms with Crippen molar-refractivity contribution in [2.45, 2.75) is 25.3 Å². The monoisotopic (exact) mass is 231 g/mol. The summed E-state index contributed by atoms with van der Waals surface area (Å²) in [7, 11) is 0. The molecule has 2 aliphatic rings. The van der Waals surface area contributed by atoms with Crippen LogP contribution >= 0.6 is 0 Å². The van der Waals surface area contributed by atoms with E-state index in [-0.39, 0.29) is 0 Å². The van der Waals surface area contributed by atoms with Crippen LogP contribution < -0.4 is 5.32 Å². The Morgan fingerprint density at radius 1 is 1.29 bits per heavy atom. The van der Waals surface area contributed by atoms with Crippen LogP contribution in [0.4, 0.5) is 0 Å². The van der Waals surface area contributed by atoms with E-state index >= 15 is 0 Å². The average molecular weight is 231 g/mol. The zero-order valence-corrected chi connectivity index (χ0v) is 10.3. The quantitative estimate of drug-likeness (QED) is 0.850. The molecule has 3 heterocycles. The van der Waals surface area contributed by atoms with Gasteiger partial charge in [-0.2, -0.15) is 0 Å². The fourth-order valence-corrected chi connectivity index (χ4v) is 3.16. The number of likely N-dealkylation sites (tertiary alicyclic amines) is 1. The predicted octanol–water partition coefficient (Wildman–Crippen LogP) is 1.31. The van der Waals surface area contributed by atoms with Crippen LogP contribution in [-0.2, 0) is 6.42 Å². The lowest BCUT2D eigenvalue weighted by Gasteiger charge is -2.24. The minimum absolute atomic E-state index is 0.765. The number of aromatic nitrogens is 1. The average Bonchev–Trinajstić information content (AvgIpc) is 2.80. The van der Waals surface area contributed by atoms with Gasteiger partial charge in [-0.25, -0.2) is 0 Å². The molecule has 3 nitrogen and oxygen atoms in total. The van der Waals surface area contributed by atoms with Crippen LogP contribution in [0.5, 0.6) is 0 Å². The molecule has 0 radical (unpaired) electrons. The van der Waals surface area contributed by atoms with Gasteiger partial charge in [-0.05, 0) is 49.4 Å². The van der Waals surface area contributed by atoms with Crippen molar-refractivity contribution >= 4 is 0 Å². The lowest BCUT2D eigenvalue weighted by molar-refractivity contribution is 0.322. The van der Waals surface area contributed by atoms with Crippen molar-refractivity contribution < 1.29 is 0 Å². The van der Waals surface area contributed by atoms with Crippen molar-refractivity contribution in [3.05, 3.63) is 30.1 Å². The topological polar surface area (TPSA) is 28.2 Å². The van der Waals surface area contributed by atoms with E-state index in [2.05, 4.69) is 27.3 Å². The van der Waals surface area contributed by atoms with Crippen LogP contribution in [0, 0.1) is 5.92 Å². The van der Waals surface area contributed by atoms with E-state index in [1.54, 1.807) is 0 Å². The van der Waals surface area contributed by atoms with Crippen LogP contribution in [0.3, 0.4) is 0 Å². The number of nitrogens with one attached hydrogen (secondary N) is 1. The summed E-state index contributed by atoms with van der Waals surface area (Å²) in [5.41, 5.74) is 1.41. The molecule has 92 valence electrons. The molecular formula is C14H21N3. The first kappa shape index (κ1) is 11.2. The Morgan fingerprint density at radius 2 is 2.18 bits per heavy atom. The molecule has 1 N–H and O–H groups in total. The third kappa shape index (κ3) is 2.67. The first-order valence-electron chi connectivity index (χ1n) is 6.76. The minimum Gasteiger partial charge on any atom is -0.312 e. The summed E-state index contributed by atoms with van der Waals surface area (Å²) in [6.45, 7) is 4.95. The Kier molecular flexibility index (Phi) is 3.39. The SMILES string of the molecule is c1cc(CCN2CC3CCCNC3C2)ccn1. The van der Waals surface area contributed by atoms with Crippen molar-refractivity contribution in [2.24, 2.45) is 5.92 Å². The van der Waals surface area contributed by atoms with Gasteiger partial charge in [-0.15, -0.1) is 0 Å². The third-order valence-corrected chi connectivity index (χ3v) is 4.14. The van der Waals surface area contributed by atoms with E-state index < -0.39 is 0 Å². The molecular weight excluding hydrogens is 210 g/mol. The molecule has 0 aromatic carbocycles. The molecule has 0 amide bonds. The second kappa shape index (κ2) is 5.15. The molecule has 2 saturated heterocycles. The van der Waals surface area contributed by atoms with Gasteiger partial charge in [0.05, 0.1) is 0 Å². The van der Waals surface area contributed by atoms with E-state index in [1.807, 2.05) is 12.4 Å². The third-order valence-electron chi connectivity index (χ3n) is 4.14. The number of rotatable bonds is 3. The Bertz CT molecular complexity index is 338. The van der Waals surface area contributed by atoms with Crippen LogP contribution in [0.15, 0.2) is 24.5 Å². The number of hydrogen-bond donors (Lipinski definition) is 1. The molecule has 2 fully saturated rings. The standard InChI is InChI=1S/C14H21N3/c1-2-13-10-17(11-14(13)16-6-1)9-5-12-3-7-15-8-4-12/h3-4,7-8,13-14,16H,1-2,5-6,9-11H2. The highest BCUT2D eigenvalue weighted by atomic mass is 15.2. The highest BCUT2D eigenvalue weighted by molar-refractivity contribution is 5.10. The van der Waals surface area contributed by atoms with Gasteiger partial charge in [0.15, 0.2) is 0 Å². The molecule has 2 aliphatic heterocycles. The normalized spacial score (nSPS) is 29.2. The van der Waals surface area contributed by atoms with Gasteiger partial charge >= 0.3 is 0 Å². The number of hydrogen-bond acceptors (Lipinski definition) is 3. The van der Waals surface area contributed by atoms with E-state index in [0.29, 0.717) is 0 Å². The Morgan fingerprint density at radius 3 is 3.00 bits per heavy atom. The van der Waals surface area contributed by atoms with Gasteiger partial charge in [0.1, 0.15) is 0 Å². The van der Waals surface area contributed by atoms with Crippen molar-refractivity contribution in [3.8, 4) is 0 Å². The number of piperidine rings is 1. The maximum absolute atomic E-state index is 4.06. The summed E-state index contributed by atoms with van der Waals surface area (Å²) in [6.07, 6.45) is 7.71. The van der Waals surface area contributed by atoms with Crippen LogP contribution in [-0.4, -0.2) is 42.1 Å². The second-order valence-electron chi connectivity index (χ2n) is 5.33. The first-order valence-corrected chi connectivity index (χ1v) is 6.76. The predicted molar refractivity (Wildman–Crippen MR) is 68.9 cm³/mol. The summed E-state index contributed by atoms with van der Waals surface area (Å²) in [6, 6.07) is 5.02. The van der Waals surface area contributed by atoms with Gasteiger partial charge in [-0.1, -0.05) is 0 Å². The van der Waals surface area contributed by atoms with Crippen molar-refractivity contribution in [3.63, 3.8) is 0 Å². The van der Waals surface area contributed by atoms with Gasteiger partial charge in [0, 0.05) is 38.1 Å². The van der Waals surface area contributed by atoms with Crippen molar-refractivity contribution in [1.29, 1.82) is 0 Å². The zero-order chi connectivity index (χ0) is 11.5. The fourth-order valence-electron chi connectivity index (χ4n) is 3.16. The molecule has 1 aromatic rings. The number of nitrogens with zero attached hydrogens (tertiary/aromatic N) is 2. The summed E-state index contributed by atoms with van der Waals surface area (Å²) in [5.74, 6) is 0.904. The molecule has 3 rings (SSSR count). The number of fused-ring (bicyclic) bond motifs is 1. The van der Waals surface area contributed by atoms with E-state index in [4.69, 9.17) is 0 Å². The fraction of sp³-hybridized carbons (Fsp3) is 0.643. The Hall–Kier alpha value is -0.930. The van der Waals surface area contributed by atoms with E-state index in [0.717, 1.165) is 18.4 Å². The lowest BCUT2D eigenvalue weighted by Crippen LogP contribution is -2.40. The maximum atomic E-state index is 4.06. The van der Waals surface area contributed by atoms with E-state index in [1.165, 1.54) is 44.6 Å². The minimum atomic E-state index is 0.765. The molecule has 2 unspecified atom stereocenters. The molecule has 0 bridgehead atoms. The zero-order valence-electron chi connectivity index (χ0n) is 10.3. The first-order chi connectivity index (χ1) is 8.42. The highest BCUT2D eigenvalue weighted by Gasteiger charge is 2.33. The van der Waals surface area contributed by atoms with E-state index in [9.17, 15) is 0 Å². The summed E-state index contributed by atoms with van der Waals surface area (Å²) in [4.78, 5) is 6.68. The van der Waals surface area contributed by atoms with Crippen LogP contribution in [0.1, 0.15) is 18.4 Å². The second-order valence-corrected chi connectivity index (χ2v) is 5.33. The van der Waals surface area contributed by atoms with Crippen molar-refractivity contribution in [1.82, 2.24) is 15.2 Å². The summed E-state index contributed by atoms with van der Waals surface area (Å²) in [5, 5.41) is 3.66. The number of pyridine rings is 1. The van der Waals surface area contributed by atoms with Gasteiger partial charge in [0.2, 0.25) is 0 Å². The van der Waals surface area contributed by atoms with Gasteiger partial charge in [-0.3, -0.25) is 4.98 Å². The van der Waals surface area contributed by atoms with Gasteiger partial charge in [0.25, 0.3) is 0 Å². The maximum Gasteiger partial charge on any atom is 0.0270 e. The molecule has 1 aromatic heterocycles. The smallest absolute Gasteiger partial charge is 0.0270 e. The van der Waals surface area contributed by atoms with Crippen molar-refractivity contribution in [2.75, 3.05) is 26.2 Å². The molecule has 3 heteroatoms. The molecule has 17 heavy (non-hydrogen) atoms. The molecule has 0 saturated carbocycles.